The molecule has 92 valence electrons. The average molecular weight is 248 g/mol. The van der Waals surface area contributed by atoms with E-state index in [9.17, 15) is 13.2 Å². The molecule has 0 unspecified atom stereocenters. The molecule has 16 heavy (non-hydrogen) atoms. The van der Waals surface area contributed by atoms with Crippen molar-refractivity contribution in [3.05, 3.63) is 16.8 Å². The second kappa shape index (κ2) is 5.26. The Hall–Kier alpha value is -1.15. The van der Waals surface area contributed by atoms with E-state index in [0.717, 1.165) is 0 Å². The monoisotopic (exact) mass is 248 g/mol. The summed E-state index contributed by atoms with van der Waals surface area (Å²) in [5, 5.41) is 6.81. The quantitative estimate of drug-likeness (QED) is 0.601. The van der Waals surface area contributed by atoms with Crippen LogP contribution in [-0.2, 0) is 23.4 Å². The Morgan fingerprint density at radius 3 is 2.62 bits per heavy atom. The number of nitrogens with one attached hydrogen (secondary N) is 1. The predicted octanol–water partition coefficient (Wildman–Crippen LogP) is -1.78. The maximum atomic E-state index is 11.3. The van der Waals surface area contributed by atoms with Gasteiger partial charge in [0.15, 0.2) is 0 Å². The van der Waals surface area contributed by atoms with Gasteiger partial charge in [-0.2, -0.15) is 5.10 Å². The highest BCUT2D eigenvalue weighted by Crippen LogP contribution is 1.80. The van der Waals surface area contributed by atoms with Gasteiger partial charge in [-0.25, -0.2) is 17.9 Å². The zero-order valence-electron chi connectivity index (χ0n) is 9.38. The van der Waals surface area contributed by atoms with Gasteiger partial charge in [0, 0.05) is 26.4 Å². The van der Waals surface area contributed by atoms with Crippen LogP contribution in [0.1, 0.15) is 0 Å². The van der Waals surface area contributed by atoms with E-state index < -0.39 is 9.84 Å². The molecule has 1 heterocycles. The van der Waals surface area contributed by atoms with E-state index in [0.29, 0.717) is 19.6 Å². The summed E-state index contributed by atoms with van der Waals surface area (Å²) in [7, 11) is -1.30. The summed E-state index contributed by atoms with van der Waals surface area (Å²) in [5.41, 5.74) is -0.176. The zero-order chi connectivity index (χ0) is 12.2. The lowest BCUT2D eigenvalue weighted by Gasteiger charge is -2.02. The molecular formula is C8H16N4O3S. The van der Waals surface area contributed by atoms with Crippen molar-refractivity contribution >= 4 is 9.84 Å². The van der Waals surface area contributed by atoms with Crippen molar-refractivity contribution in [3.63, 3.8) is 0 Å². The Morgan fingerprint density at radius 2 is 2.12 bits per heavy atom. The number of hydrogen-bond acceptors (Lipinski definition) is 5. The molecule has 0 fully saturated rings. The highest BCUT2D eigenvalue weighted by atomic mass is 32.2. The molecule has 0 amide bonds. The molecule has 0 saturated heterocycles. The van der Waals surface area contributed by atoms with Gasteiger partial charge in [0.25, 0.3) is 0 Å². The Labute approximate surface area is 94.0 Å². The average Bonchev–Trinajstić information content (AvgIpc) is 2.47. The summed E-state index contributed by atoms with van der Waals surface area (Å²) < 4.78 is 24.3. The molecule has 0 radical (unpaired) electrons. The summed E-state index contributed by atoms with van der Waals surface area (Å²) in [6.45, 7) is 1.34. The first-order chi connectivity index (χ1) is 7.40. The second-order valence-corrected chi connectivity index (χ2v) is 5.89. The van der Waals surface area contributed by atoms with Gasteiger partial charge >= 0.3 is 5.69 Å². The molecule has 0 bridgehead atoms. The van der Waals surface area contributed by atoms with E-state index in [-0.39, 0.29) is 11.4 Å². The normalized spacial score (nSPS) is 11.9. The summed E-state index contributed by atoms with van der Waals surface area (Å²) in [4.78, 5) is 11.3. The van der Waals surface area contributed by atoms with Gasteiger partial charge in [-0.1, -0.05) is 0 Å². The Balaban J connectivity index is 2.27. The lowest BCUT2D eigenvalue weighted by atomic mass is 10.6. The Kier molecular flexibility index (Phi) is 4.25. The van der Waals surface area contributed by atoms with E-state index in [1.54, 1.807) is 7.05 Å². The summed E-state index contributed by atoms with van der Waals surface area (Å²) >= 11 is 0. The van der Waals surface area contributed by atoms with Crippen LogP contribution in [0.3, 0.4) is 0 Å². The molecule has 1 rings (SSSR count). The maximum Gasteiger partial charge on any atom is 0.345 e. The molecule has 0 saturated carbocycles. The van der Waals surface area contributed by atoms with Gasteiger partial charge < -0.3 is 5.32 Å². The van der Waals surface area contributed by atoms with Crippen molar-refractivity contribution in [1.82, 2.24) is 19.7 Å². The van der Waals surface area contributed by atoms with Gasteiger partial charge in [0.1, 0.15) is 16.2 Å². The Bertz CT molecular complexity index is 488. The van der Waals surface area contributed by atoms with E-state index in [2.05, 4.69) is 10.4 Å². The lowest BCUT2D eigenvalue weighted by molar-refractivity contribution is 0.542. The fourth-order valence-corrected chi connectivity index (χ4v) is 1.66. The third kappa shape index (κ3) is 4.15. The molecule has 1 N–H and O–H groups in total. The molecule has 0 atom stereocenters. The van der Waals surface area contributed by atoms with Crippen LogP contribution in [-0.4, -0.2) is 47.9 Å². The van der Waals surface area contributed by atoms with Gasteiger partial charge in [0.05, 0.1) is 12.3 Å². The SMILES string of the molecule is Cn1cnn(CCNCCS(C)(=O)=O)c1=O. The minimum Gasteiger partial charge on any atom is -0.314 e. The maximum absolute atomic E-state index is 11.3. The fourth-order valence-electron chi connectivity index (χ4n) is 1.14. The standard InChI is InChI=1S/C8H16N4O3S/c1-11-7-10-12(8(11)13)5-3-9-4-6-16(2,14)15/h7,9H,3-6H2,1-2H3. The number of sulfone groups is 1. The third-order valence-electron chi connectivity index (χ3n) is 2.04. The van der Waals surface area contributed by atoms with Crippen LogP contribution in [0.25, 0.3) is 0 Å². The van der Waals surface area contributed by atoms with E-state index in [1.165, 1.54) is 21.8 Å². The number of aryl methyl sites for hydroxylation is 1. The first kappa shape index (κ1) is 12.9. The lowest BCUT2D eigenvalue weighted by Crippen LogP contribution is -2.30. The van der Waals surface area contributed by atoms with Crippen molar-refractivity contribution in [2.75, 3.05) is 25.1 Å². The van der Waals surface area contributed by atoms with Crippen molar-refractivity contribution in [2.45, 2.75) is 6.54 Å². The highest BCUT2D eigenvalue weighted by molar-refractivity contribution is 7.90. The van der Waals surface area contributed by atoms with Gasteiger partial charge in [-0.05, 0) is 0 Å². The van der Waals surface area contributed by atoms with E-state index in [4.69, 9.17) is 0 Å². The zero-order valence-corrected chi connectivity index (χ0v) is 10.2. The number of nitrogens with zero attached hydrogens (tertiary/aromatic N) is 3. The van der Waals surface area contributed by atoms with Gasteiger partial charge in [-0.15, -0.1) is 0 Å². The number of rotatable bonds is 6. The molecule has 1 aromatic heterocycles. The molecule has 0 aromatic carbocycles. The Morgan fingerprint density at radius 1 is 1.44 bits per heavy atom. The molecular weight excluding hydrogens is 232 g/mol. The van der Waals surface area contributed by atoms with Gasteiger partial charge in [-0.3, -0.25) is 4.57 Å². The minimum absolute atomic E-state index is 0.101. The minimum atomic E-state index is -2.92. The first-order valence-electron chi connectivity index (χ1n) is 4.87. The number of hydrogen-bond donors (Lipinski definition) is 1. The van der Waals surface area contributed by atoms with Crippen LogP contribution >= 0.6 is 0 Å². The highest BCUT2D eigenvalue weighted by Gasteiger charge is 2.02. The largest absolute Gasteiger partial charge is 0.345 e. The summed E-state index contributed by atoms with van der Waals surface area (Å²) in [6.07, 6.45) is 2.64. The van der Waals surface area contributed by atoms with Crippen LogP contribution in [0.2, 0.25) is 0 Å². The van der Waals surface area contributed by atoms with Crippen LogP contribution in [0.5, 0.6) is 0 Å². The van der Waals surface area contributed by atoms with Crippen LogP contribution in [0, 0.1) is 0 Å². The molecule has 7 nitrogen and oxygen atoms in total. The number of aromatic nitrogens is 3. The van der Waals surface area contributed by atoms with Crippen LogP contribution < -0.4 is 11.0 Å². The topological polar surface area (TPSA) is 86.0 Å². The molecule has 0 aliphatic heterocycles. The van der Waals surface area contributed by atoms with Crippen molar-refractivity contribution in [1.29, 1.82) is 0 Å². The molecule has 0 aliphatic carbocycles. The van der Waals surface area contributed by atoms with Crippen LogP contribution in [0.4, 0.5) is 0 Å². The van der Waals surface area contributed by atoms with Crippen molar-refractivity contribution < 1.29 is 8.42 Å². The van der Waals surface area contributed by atoms with Crippen molar-refractivity contribution in [3.8, 4) is 0 Å². The van der Waals surface area contributed by atoms with Crippen molar-refractivity contribution in [2.24, 2.45) is 7.05 Å². The van der Waals surface area contributed by atoms with Crippen LogP contribution in [0.15, 0.2) is 11.1 Å². The van der Waals surface area contributed by atoms with Gasteiger partial charge in [0.2, 0.25) is 0 Å². The fraction of sp³-hybridized carbons (Fsp3) is 0.750. The first-order valence-corrected chi connectivity index (χ1v) is 6.93. The van der Waals surface area contributed by atoms with E-state index >= 15 is 0 Å². The summed E-state index contributed by atoms with van der Waals surface area (Å²) in [5.74, 6) is 0.101. The molecule has 0 spiro atoms. The predicted molar refractivity (Wildman–Crippen MR) is 60.0 cm³/mol. The molecule has 1 aromatic rings. The second-order valence-electron chi connectivity index (χ2n) is 3.63. The van der Waals surface area contributed by atoms with E-state index in [1.807, 2.05) is 0 Å². The molecule has 0 aliphatic rings. The summed E-state index contributed by atoms with van der Waals surface area (Å²) in [6, 6.07) is 0. The third-order valence-corrected chi connectivity index (χ3v) is 2.98. The molecule has 8 heteroatoms. The smallest absolute Gasteiger partial charge is 0.314 e.